The number of rotatable bonds is 7. The third kappa shape index (κ3) is 4.81. The van der Waals surface area contributed by atoms with Gasteiger partial charge in [-0.1, -0.05) is 24.3 Å². The molecule has 4 aromatic rings. The first-order valence-electron chi connectivity index (χ1n) is 9.93. The minimum absolute atomic E-state index is 0.0908. The van der Waals surface area contributed by atoms with Gasteiger partial charge in [-0.25, -0.2) is 9.97 Å². The fraction of sp³-hybridized carbons (Fsp3) is 0.0833. The lowest BCUT2D eigenvalue weighted by molar-refractivity contribution is -0.383. The Balaban J connectivity index is 1.56. The Bertz CT molecular complexity index is 1240. The Hall–Kier alpha value is -4.46. The van der Waals surface area contributed by atoms with Crippen LogP contribution in [-0.4, -0.2) is 14.9 Å². The average Bonchev–Trinajstić information content (AvgIpc) is 2.78. The number of nitro groups is 1. The number of para-hydroxylation sites is 1. The van der Waals surface area contributed by atoms with Gasteiger partial charge >= 0.3 is 5.69 Å². The molecule has 0 aliphatic heterocycles. The van der Waals surface area contributed by atoms with E-state index in [0.29, 0.717) is 17.1 Å². The van der Waals surface area contributed by atoms with Gasteiger partial charge in [-0.3, -0.25) is 10.1 Å². The monoisotopic (exact) mass is 427 g/mol. The summed E-state index contributed by atoms with van der Waals surface area (Å²) in [4.78, 5) is 19.5. The second-order valence-corrected chi connectivity index (χ2v) is 7.17. The van der Waals surface area contributed by atoms with Gasteiger partial charge in [0.25, 0.3) is 0 Å². The molecule has 3 aromatic carbocycles. The van der Waals surface area contributed by atoms with Crippen LogP contribution in [-0.2, 0) is 0 Å². The third-order valence-corrected chi connectivity index (χ3v) is 4.87. The smallest absolute Gasteiger partial charge is 0.353 e. The largest absolute Gasteiger partial charge is 0.457 e. The van der Waals surface area contributed by atoms with Crippen molar-refractivity contribution in [2.45, 2.75) is 13.8 Å². The Kier molecular flexibility index (Phi) is 5.94. The van der Waals surface area contributed by atoms with Crippen LogP contribution in [0.2, 0.25) is 0 Å². The highest BCUT2D eigenvalue weighted by Crippen LogP contribution is 2.34. The normalized spacial score (nSPS) is 10.4. The van der Waals surface area contributed by atoms with Crippen LogP contribution in [0.15, 0.2) is 79.1 Å². The molecular formula is C24H21N5O3. The predicted octanol–water partition coefficient (Wildman–Crippen LogP) is 6.28. The van der Waals surface area contributed by atoms with Gasteiger partial charge < -0.3 is 15.4 Å². The molecule has 0 spiro atoms. The third-order valence-electron chi connectivity index (χ3n) is 4.87. The molecule has 160 valence electrons. The lowest BCUT2D eigenvalue weighted by atomic mass is 10.1. The number of nitrogens with zero attached hydrogens (tertiary/aromatic N) is 3. The quantitative estimate of drug-likeness (QED) is 0.264. The van der Waals surface area contributed by atoms with Crippen molar-refractivity contribution in [1.82, 2.24) is 9.97 Å². The van der Waals surface area contributed by atoms with Gasteiger partial charge in [0.1, 0.15) is 17.8 Å². The van der Waals surface area contributed by atoms with Crippen molar-refractivity contribution in [1.29, 1.82) is 0 Å². The first-order chi connectivity index (χ1) is 15.5. The molecule has 1 aromatic heterocycles. The summed E-state index contributed by atoms with van der Waals surface area (Å²) in [6, 6.07) is 22.2. The minimum atomic E-state index is -0.501. The zero-order valence-corrected chi connectivity index (χ0v) is 17.6. The maximum absolute atomic E-state index is 11.8. The highest BCUT2D eigenvalue weighted by Gasteiger charge is 2.23. The molecule has 8 heteroatoms. The molecule has 0 saturated heterocycles. The SMILES string of the molecule is Cc1ccc(Nc2ncnc(Nc3ccc(Oc4ccccc4)cc3)c2[N+](=O)[O-])cc1C. The molecule has 32 heavy (non-hydrogen) atoms. The van der Waals surface area contributed by atoms with Crippen LogP contribution in [0.3, 0.4) is 0 Å². The van der Waals surface area contributed by atoms with Crippen LogP contribution in [0.25, 0.3) is 0 Å². The molecule has 1 heterocycles. The van der Waals surface area contributed by atoms with Gasteiger partial charge in [-0.2, -0.15) is 0 Å². The van der Waals surface area contributed by atoms with Gasteiger partial charge in [0, 0.05) is 11.4 Å². The van der Waals surface area contributed by atoms with Crippen LogP contribution in [0, 0.1) is 24.0 Å². The summed E-state index contributed by atoms with van der Waals surface area (Å²) in [7, 11) is 0. The van der Waals surface area contributed by atoms with Crippen molar-refractivity contribution in [3.63, 3.8) is 0 Å². The van der Waals surface area contributed by atoms with E-state index in [2.05, 4.69) is 20.6 Å². The number of nitrogens with one attached hydrogen (secondary N) is 2. The molecular weight excluding hydrogens is 406 g/mol. The Morgan fingerprint density at radius 3 is 2.00 bits per heavy atom. The van der Waals surface area contributed by atoms with E-state index >= 15 is 0 Å². The Labute approximate surface area is 185 Å². The van der Waals surface area contributed by atoms with Crippen molar-refractivity contribution < 1.29 is 9.66 Å². The molecule has 2 N–H and O–H groups in total. The molecule has 0 fully saturated rings. The summed E-state index contributed by atoms with van der Waals surface area (Å²) in [5.41, 5.74) is 3.31. The molecule has 4 rings (SSSR count). The molecule has 0 unspecified atom stereocenters. The average molecular weight is 427 g/mol. The van der Waals surface area contributed by atoms with Crippen LogP contribution in [0.5, 0.6) is 11.5 Å². The second kappa shape index (κ2) is 9.13. The molecule has 8 nitrogen and oxygen atoms in total. The van der Waals surface area contributed by atoms with Gasteiger partial charge in [0.2, 0.25) is 11.6 Å². The summed E-state index contributed by atoms with van der Waals surface area (Å²) in [6.45, 7) is 3.98. The van der Waals surface area contributed by atoms with Crippen molar-refractivity contribution in [2.24, 2.45) is 0 Å². The number of ether oxygens (including phenoxy) is 1. The summed E-state index contributed by atoms with van der Waals surface area (Å²) in [5.74, 6) is 1.57. The number of anilines is 4. The lowest BCUT2D eigenvalue weighted by Crippen LogP contribution is -2.05. The van der Waals surface area contributed by atoms with E-state index < -0.39 is 4.92 Å². The van der Waals surface area contributed by atoms with E-state index in [0.717, 1.165) is 16.9 Å². The number of hydrogen-bond donors (Lipinski definition) is 2. The lowest BCUT2D eigenvalue weighted by Gasteiger charge is -2.11. The summed E-state index contributed by atoms with van der Waals surface area (Å²) in [5, 5.41) is 17.9. The van der Waals surface area contributed by atoms with E-state index in [4.69, 9.17) is 4.74 Å². The Morgan fingerprint density at radius 1 is 0.781 bits per heavy atom. The summed E-state index contributed by atoms with van der Waals surface area (Å²) < 4.78 is 5.78. The molecule has 0 atom stereocenters. The van der Waals surface area contributed by atoms with Gasteiger partial charge in [-0.15, -0.1) is 0 Å². The standard InChI is InChI=1S/C24H21N5O3/c1-16-8-9-19(14-17(16)2)28-24-22(29(30)31)23(25-15-26-24)27-18-10-12-21(13-11-18)32-20-6-4-3-5-7-20/h3-15H,1-2H3,(H2,25,26,27,28). The molecule has 0 radical (unpaired) electrons. The van der Waals surface area contributed by atoms with E-state index in [1.807, 2.05) is 62.4 Å². The first-order valence-corrected chi connectivity index (χ1v) is 9.93. The molecule has 0 aliphatic rings. The van der Waals surface area contributed by atoms with Crippen LogP contribution in [0.1, 0.15) is 11.1 Å². The topological polar surface area (TPSA) is 102 Å². The zero-order valence-electron chi connectivity index (χ0n) is 17.6. The fourth-order valence-electron chi connectivity index (χ4n) is 3.06. The van der Waals surface area contributed by atoms with Crippen molar-refractivity contribution in [3.8, 4) is 11.5 Å². The molecule has 0 amide bonds. The van der Waals surface area contributed by atoms with Gasteiger partial charge in [0.15, 0.2) is 0 Å². The number of aromatic nitrogens is 2. The minimum Gasteiger partial charge on any atom is -0.457 e. The van der Waals surface area contributed by atoms with Crippen molar-refractivity contribution in [3.05, 3.63) is 100 Å². The summed E-state index contributed by atoms with van der Waals surface area (Å²) >= 11 is 0. The van der Waals surface area contributed by atoms with E-state index in [9.17, 15) is 10.1 Å². The number of aryl methyl sites for hydroxylation is 2. The van der Waals surface area contributed by atoms with E-state index in [1.54, 1.807) is 24.3 Å². The predicted molar refractivity (Wildman–Crippen MR) is 124 cm³/mol. The second-order valence-electron chi connectivity index (χ2n) is 7.17. The maximum Gasteiger partial charge on any atom is 0.353 e. The fourth-order valence-corrected chi connectivity index (χ4v) is 3.06. The van der Waals surface area contributed by atoms with Gasteiger partial charge in [-0.05, 0) is 73.5 Å². The van der Waals surface area contributed by atoms with Crippen LogP contribution >= 0.6 is 0 Å². The van der Waals surface area contributed by atoms with E-state index in [-0.39, 0.29) is 17.3 Å². The van der Waals surface area contributed by atoms with Crippen molar-refractivity contribution in [2.75, 3.05) is 10.6 Å². The van der Waals surface area contributed by atoms with Crippen LogP contribution in [0.4, 0.5) is 28.7 Å². The first kappa shape index (κ1) is 20.8. The summed E-state index contributed by atoms with van der Waals surface area (Å²) in [6.07, 6.45) is 1.28. The number of hydrogen-bond acceptors (Lipinski definition) is 7. The molecule has 0 bridgehead atoms. The van der Waals surface area contributed by atoms with Crippen LogP contribution < -0.4 is 15.4 Å². The molecule has 0 aliphatic carbocycles. The molecule has 0 saturated carbocycles. The van der Waals surface area contributed by atoms with Crippen molar-refractivity contribution >= 4 is 28.7 Å². The zero-order chi connectivity index (χ0) is 22.5. The Morgan fingerprint density at radius 2 is 1.38 bits per heavy atom. The maximum atomic E-state index is 11.8. The highest BCUT2D eigenvalue weighted by molar-refractivity contribution is 5.77. The number of benzene rings is 3. The van der Waals surface area contributed by atoms with Gasteiger partial charge in [0.05, 0.1) is 4.92 Å². The van der Waals surface area contributed by atoms with E-state index in [1.165, 1.54) is 6.33 Å². The highest BCUT2D eigenvalue weighted by atomic mass is 16.6.